The van der Waals surface area contributed by atoms with E-state index in [9.17, 15) is 20.1 Å². The number of fused-ring (bicyclic) bond motifs is 2. The summed E-state index contributed by atoms with van der Waals surface area (Å²) in [6.45, 7) is 0. The fourth-order valence-corrected chi connectivity index (χ4v) is 3.95. The van der Waals surface area contributed by atoms with Gasteiger partial charge < -0.3 is 29.6 Å². The highest BCUT2D eigenvalue weighted by atomic mass is 16.6. The number of ether oxygens (including phenoxy) is 1. The van der Waals surface area contributed by atoms with E-state index in [2.05, 4.69) is 9.97 Å². The highest BCUT2D eigenvalue weighted by molar-refractivity contribution is 5.74. The largest absolute Gasteiger partial charge is 0.387 e. The number of aliphatic hydroxyl groups is 3. The SMILES string of the molecule is O=c1[nH]cnc2c1ccn2[C@@H]1O[C@H]([C@H](O)c2ccc3c(c2)CC3)[C@@H](O)[C@H]1O. The molecule has 0 bridgehead atoms. The van der Waals surface area contributed by atoms with Crippen molar-refractivity contribution in [2.24, 2.45) is 0 Å². The summed E-state index contributed by atoms with van der Waals surface area (Å²) >= 11 is 0. The second-order valence-electron chi connectivity index (χ2n) is 7.14. The lowest BCUT2D eigenvalue weighted by Crippen LogP contribution is -2.35. The Hall–Kier alpha value is -2.52. The predicted octanol–water partition coefficient (Wildman–Crippen LogP) is 0.176. The number of benzene rings is 1. The second-order valence-corrected chi connectivity index (χ2v) is 7.14. The fourth-order valence-electron chi connectivity index (χ4n) is 3.95. The van der Waals surface area contributed by atoms with E-state index < -0.39 is 30.6 Å². The molecule has 140 valence electrons. The zero-order chi connectivity index (χ0) is 18.7. The topological polar surface area (TPSA) is 121 Å². The molecular formula is C19H19N3O5. The van der Waals surface area contributed by atoms with Crippen molar-refractivity contribution in [2.75, 3.05) is 0 Å². The van der Waals surface area contributed by atoms with Gasteiger partial charge in [-0.1, -0.05) is 18.2 Å². The summed E-state index contributed by atoms with van der Waals surface area (Å²) in [5.74, 6) is 0. The summed E-state index contributed by atoms with van der Waals surface area (Å²) in [5.41, 5.74) is 3.15. The molecule has 8 heteroatoms. The number of rotatable bonds is 3. The number of hydrogen-bond acceptors (Lipinski definition) is 6. The first-order valence-corrected chi connectivity index (χ1v) is 8.90. The maximum atomic E-state index is 11.9. The molecule has 2 aromatic heterocycles. The number of hydrogen-bond donors (Lipinski definition) is 4. The number of nitrogens with one attached hydrogen (secondary N) is 1. The standard InChI is InChI=1S/C19H19N3O5/c23-13(11-4-2-9-1-3-10(9)7-11)16-14(24)15(25)19(27-16)22-6-5-12-17(22)20-8-21-18(12)26/h2,4-8,13-16,19,23-25H,1,3H2,(H,20,21,26)/t13-,14+,15-,16-,19-/m1/s1. The molecule has 1 saturated heterocycles. The van der Waals surface area contributed by atoms with Crippen molar-refractivity contribution in [3.05, 3.63) is 63.8 Å². The van der Waals surface area contributed by atoms with Gasteiger partial charge in [-0.2, -0.15) is 0 Å². The Bertz CT molecular complexity index is 1070. The van der Waals surface area contributed by atoms with Crippen molar-refractivity contribution in [2.45, 2.75) is 43.5 Å². The average molecular weight is 369 g/mol. The van der Waals surface area contributed by atoms with Crippen molar-refractivity contribution in [3.8, 4) is 0 Å². The lowest BCUT2D eigenvalue weighted by Gasteiger charge is -2.25. The minimum atomic E-state index is -1.28. The fraction of sp³-hybridized carbons (Fsp3) is 0.368. The van der Waals surface area contributed by atoms with E-state index in [1.165, 1.54) is 22.0 Å². The first-order chi connectivity index (χ1) is 13.0. The van der Waals surface area contributed by atoms with Gasteiger partial charge in [0, 0.05) is 6.20 Å². The van der Waals surface area contributed by atoms with Crippen LogP contribution < -0.4 is 5.56 Å². The second kappa shape index (κ2) is 6.00. The number of nitrogens with zero attached hydrogens (tertiary/aromatic N) is 2. The van der Waals surface area contributed by atoms with E-state index in [1.54, 1.807) is 12.3 Å². The molecule has 8 nitrogen and oxygen atoms in total. The van der Waals surface area contributed by atoms with Crippen LogP contribution in [-0.2, 0) is 17.6 Å². The predicted molar refractivity (Wildman–Crippen MR) is 95.1 cm³/mol. The summed E-state index contributed by atoms with van der Waals surface area (Å²) in [6, 6.07) is 7.29. The smallest absolute Gasteiger partial charge is 0.260 e. The van der Waals surface area contributed by atoms with Crippen LogP contribution in [0.5, 0.6) is 0 Å². The lowest BCUT2D eigenvalue weighted by atomic mass is 9.85. The molecule has 1 aromatic carbocycles. The molecule has 5 atom stereocenters. The number of aromatic nitrogens is 3. The average Bonchev–Trinajstić information content (AvgIpc) is 3.19. The summed E-state index contributed by atoms with van der Waals surface area (Å²) < 4.78 is 7.35. The molecule has 1 aliphatic carbocycles. The molecule has 0 unspecified atom stereocenters. The monoisotopic (exact) mass is 369 g/mol. The first-order valence-electron chi connectivity index (χ1n) is 8.90. The van der Waals surface area contributed by atoms with E-state index in [-0.39, 0.29) is 5.56 Å². The minimum absolute atomic E-state index is 0.301. The lowest BCUT2D eigenvalue weighted by molar-refractivity contribution is -0.0848. The Balaban J connectivity index is 1.47. The van der Waals surface area contributed by atoms with Gasteiger partial charge in [0.25, 0.3) is 5.56 Å². The molecule has 0 amide bonds. The third-order valence-corrected chi connectivity index (χ3v) is 5.61. The quantitative estimate of drug-likeness (QED) is 0.523. The number of aliphatic hydroxyl groups excluding tert-OH is 3. The van der Waals surface area contributed by atoms with Gasteiger partial charge >= 0.3 is 0 Å². The molecule has 0 spiro atoms. The molecule has 4 N–H and O–H groups in total. The molecule has 0 radical (unpaired) electrons. The van der Waals surface area contributed by atoms with Gasteiger partial charge in [-0.25, -0.2) is 4.98 Å². The Morgan fingerprint density at radius 2 is 2.00 bits per heavy atom. The molecule has 1 fully saturated rings. The summed E-state index contributed by atoms with van der Waals surface area (Å²) in [4.78, 5) is 18.5. The third-order valence-electron chi connectivity index (χ3n) is 5.61. The summed E-state index contributed by atoms with van der Waals surface area (Å²) in [5, 5.41) is 32.1. The summed E-state index contributed by atoms with van der Waals surface area (Å²) in [7, 11) is 0. The van der Waals surface area contributed by atoms with Crippen LogP contribution in [0.3, 0.4) is 0 Å². The van der Waals surface area contributed by atoms with Crippen LogP contribution in [0.25, 0.3) is 11.0 Å². The van der Waals surface area contributed by atoms with Gasteiger partial charge in [-0.05, 0) is 35.6 Å². The first kappa shape index (κ1) is 16.6. The van der Waals surface area contributed by atoms with E-state index in [0.717, 1.165) is 12.8 Å². The van der Waals surface area contributed by atoms with Gasteiger partial charge in [-0.3, -0.25) is 4.79 Å². The van der Waals surface area contributed by atoms with Crippen LogP contribution >= 0.6 is 0 Å². The number of aromatic amines is 1. The van der Waals surface area contributed by atoms with Crippen LogP contribution in [0, 0.1) is 0 Å². The van der Waals surface area contributed by atoms with Crippen molar-refractivity contribution < 1.29 is 20.1 Å². The number of aryl methyl sites for hydroxylation is 2. The highest BCUT2D eigenvalue weighted by Crippen LogP contribution is 2.38. The van der Waals surface area contributed by atoms with Gasteiger partial charge in [0.2, 0.25) is 0 Å². The Morgan fingerprint density at radius 1 is 1.19 bits per heavy atom. The van der Waals surface area contributed by atoms with Gasteiger partial charge in [0.1, 0.15) is 30.1 Å². The molecule has 5 rings (SSSR count). The molecule has 3 heterocycles. The van der Waals surface area contributed by atoms with Crippen molar-refractivity contribution >= 4 is 11.0 Å². The molecule has 1 aliphatic heterocycles. The Morgan fingerprint density at radius 3 is 2.74 bits per heavy atom. The molecule has 3 aromatic rings. The van der Waals surface area contributed by atoms with Gasteiger partial charge in [0.05, 0.1) is 11.7 Å². The van der Waals surface area contributed by atoms with E-state index >= 15 is 0 Å². The molecular weight excluding hydrogens is 350 g/mol. The van der Waals surface area contributed by atoms with Crippen LogP contribution in [0.1, 0.15) is 29.0 Å². The molecule has 0 saturated carbocycles. The number of H-pyrrole nitrogens is 1. The van der Waals surface area contributed by atoms with Crippen LogP contribution in [0.15, 0.2) is 41.6 Å². The normalized spacial score (nSPS) is 28.1. The van der Waals surface area contributed by atoms with Crippen molar-refractivity contribution in [1.82, 2.24) is 14.5 Å². The Labute approximate surface area is 153 Å². The van der Waals surface area contributed by atoms with E-state index in [1.807, 2.05) is 18.2 Å². The van der Waals surface area contributed by atoms with E-state index in [4.69, 9.17) is 4.74 Å². The van der Waals surface area contributed by atoms with Gasteiger partial charge in [-0.15, -0.1) is 0 Å². The van der Waals surface area contributed by atoms with Crippen LogP contribution in [0.2, 0.25) is 0 Å². The van der Waals surface area contributed by atoms with Crippen LogP contribution in [-0.4, -0.2) is 48.2 Å². The molecule has 27 heavy (non-hydrogen) atoms. The zero-order valence-electron chi connectivity index (χ0n) is 14.3. The van der Waals surface area contributed by atoms with Crippen molar-refractivity contribution in [1.29, 1.82) is 0 Å². The van der Waals surface area contributed by atoms with Crippen molar-refractivity contribution in [3.63, 3.8) is 0 Å². The van der Waals surface area contributed by atoms with E-state index in [0.29, 0.717) is 16.6 Å². The Kier molecular flexibility index (Phi) is 3.70. The molecule has 2 aliphatic rings. The maximum Gasteiger partial charge on any atom is 0.260 e. The maximum absolute atomic E-state index is 11.9. The highest BCUT2D eigenvalue weighted by Gasteiger charge is 2.47. The van der Waals surface area contributed by atoms with Crippen LogP contribution in [0.4, 0.5) is 0 Å². The van der Waals surface area contributed by atoms with Gasteiger partial charge in [0.15, 0.2) is 6.23 Å². The zero-order valence-corrected chi connectivity index (χ0v) is 14.3. The third kappa shape index (κ3) is 2.45. The minimum Gasteiger partial charge on any atom is -0.387 e. The summed E-state index contributed by atoms with van der Waals surface area (Å²) in [6.07, 6.45) is -0.722.